The van der Waals surface area contributed by atoms with Crippen LogP contribution in [-0.2, 0) is 5.75 Å². The van der Waals surface area contributed by atoms with Gasteiger partial charge in [-0.25, -0.2) is 0 Å². The van der Waals surface area contributed by atoms with Crippen molar-refractivity contribution in [2.45, 2.75) is 10.9 Å². The van der Waals surface area contributed by atoms with Crippen LogP contribution in [0, 0.1) is 10.1 Å². The summed E-state index contributed by atoms with van der Waals surface area (Å²) in [6.07, 6.45) is 0. The Morgan fingerprint density at radius 3 is 2.88 bits per heavy atom. The molecule has 0 N–H and O–H groups in total. The average Bonchev–Trinajstić information content (AvgIpc) is 3.08. The van der Waals surface area contributed by atoms with Crippen molar-refractivity contribution in [2.75, 3.05) is 7.11 Å². The number of rotatable bonds is 6. The van der Waals surface area contributed by atoms with Gasteiger partial charge in [-0.05, 0) is 28.1 Å². The Bertz CT molecular complexity index is 868. The number of methoxy groups -OCH3 is 1. The number of benzene rings is 2. The third-order valence-corrected chi connectivity index (χ3v) is 4.23. The molecule has 8 nitrogen and oxygen atoms in total. The van der Waals surface area contributed by atoms with Crippen molar-refractivity contribution in [2.24, 2.45) is 0 Å². The van der Waals surface area contributed by atoms with E-state index in [0.717, 1.165) is 11.3 Å². The smallest absolute Gasteiger partial charge is 0.269 e. The van der Waals surface area contributed by atoms with Crippen LogP contribution in [0.25, 0.3) is 5.69 Å². The summed E-state index contributed by atoms with van der Waals surface area (Å²) in [6.45, 7) is 0. The molecule has 0 unspecified atom stereocenters. The molecule has 122 valence electrons. The molecule has 0 radical (unpaired) electrons. The van der Waals surface area contributed by atoms with E-state index in [2.05, 4.69) is 15.5 Å². The van der Waals surface area contributed by atoms with E-state index in [1.165, 1.54) is 17.8 Å². The number of aromatic nitrogens is 4. The molecule has 2 aromatic carbocycles. The standard InChI is InChI=1S/C15H13N5O3S/c1-23-14-8-3-2-7-13(14)19-15(16-17-18-19)24-10-11-5-4-6-12(9-11)20(21)22/h2-9H,10H2,1H3. The fraction of sp³-hybridized carbons (Fsp3) is 0.133. The summed E-state index contributed by atoms with van der Waals surface area (Å²) in [7, 11) is 1.58. The Morgan fingerprint density at radius 2 is 2.08 bits per heavy atom. The maximum atomic E-state index is 10.8. The van der Waals surface area contributed by atoms with Crippen LogP contribution in [-0.4, -0.2) is 32.2 Å². The van der Waals surface area contributed by atoms with E-state index in [1.54, 1.807) is 23.9 Å². The van der Waals surface area contributed by atoms with Crippen LogP contribution in [0.3, 0.4) is 0 Å². The van der Waals surface area contributed by atoms with Gasteiger partial charge in [0.15, 0.2) is 0 Å². The number of thioether (sulfide) groups is 1. The number of nitro groups is 1. The number of hydrogen-bond acceptors (Lipinski definition) is 7. The topological polar surface area (TPSA) is 96.0 Å². The zero-order chi connectivity index (χ0) is 16.9. The first-order valence-electron chi connectivity index (χ1n) is 6.97. The molecule has 0 aliphatic carbocycles. The predicted molar refractivity (Wildman–Crippen MR) is 88.4 cm³/mol. The van der Waals surface area contributed by atoms with Gasteiger partial charge < -0.3 is 4.74 Å². The normalized spacial score (nSPS) is 10.5. The summed E-state index contributed by atoms with van der Waals surface area (Å²) >= 11 is 1.39. The van der Waals surface area contributed by atoms with E-state index in [1.807, 2.05) is 30.3 Å². The second kappa shape index (κ2) is 7.09. The lowest BCUT2D eigenvalue weighted by atomic mass is 10.2. The van der Waals surface area contributed by atoms with Gasteiger partial charge in [-0.3, -0.25) is 10.1 Å². The molecule has 9 heteroatoms. The maximum Gasteiger partial charge on any atom is 0.269 e. The number of nitro benzene ring substituents is 1. The summed E-state index contributed by atoms with van der Waals surface area (Å²) in [6, 6.07) is 13.9. The maximum absolute atomic E-state index is 10.8. The van der Waals surface area contributed by atoms with Gasteiger partial charge in [0.25, 0.3) is 5.69 Å². The molecule has 0 saturated heterocycles. The van der Waals surface area contributed by atoms with Crippen LogP contribution < -0.4 is 4.74 Å². The zero-order valence-electron chi connectivity index (χ0n) is 12.7. The molecule has 0 bridgehead atoms. The monoisotopic (exact) mass is 343 g/mol. The van der Waals surface area contributed by atoms with Gasteiger partial charge in [-0.1, -0.05) is 36.0 Å². The molecular formula is C15H13N5O3S. The molecule has 0 aliphatic heterocycles. The number of ether oxygens (including phenoxy) is 1. The minimum absolute atomic E-state index is 0.0671. The van der Waals surface area contributed by atoms with Crippen molar-refractivity contribution in [3.63, 3.8) is 0 Å². The fourth-order valence-corrected chi connectivity index (χ4v) is 2.96. The van der Waals surface area contributed by atoms with Crippen LogP contribution in [0.1, 0.15) is 5.56 Å². The number of hydrogen-bond donors (Lipinski definition) is 0. The highest BCUT2D eigenvalue weighted by Gasteiger charge is 2.13. The molecule has 0 aliphatic rings. The highest BCUT2D eigenvalue weighted by Crippen LogP contribution is 2.27. The van der Waals surface area contributed by atoms with Crippen molar-refractivity contribution >= 4 is 17.4 Å². The average molecular weight is 343 g/mol. The molecule has 0 saturated carbocycles. The van der Waals surface area contributed by atoms with Crippen LogP contribution in [0.5, 0.6) is 5.75 Å². The Balaban J connectivity index is 1.82. The highest BCUT2D eigenvalue weighted by atomic mass is 32.2. The zero-order valence-corrected chi connectivity index (χ0v) is 13.5. The third kappa shape index (κ3) is 3.35. The minimum atomic E-state index is -0.410. The van der Waals surface area contributed by atoms with E-state index >= 15 is 0 Å². The molecule has 1 heterocycles. The van der Waals surface area contributed by atoms with E-state index < -0.39 is 4.92 Å². The van der Waals surface area contributed by atoms with Crippen molar-refractivity contribution < 1.29 is 9.66 Å². The van der Waals surface area contributed by atoms with E-state index in [4.69, 9.17) is 4.74 Å². The molecule has 0 amide bonds. The van der Waals surface area contributed by atoms with E-state index in [9.17, 15) is 10.1 Å². The van der Waals surface area contributed by atoms with E-state index in [0.29, 0.717) is 16.7 Å². The van der Waals surface area contributed by atoms with Crippen LogP contribution in [0.2, 0.25) is 0 Å². The number of tetrazole rings is 1. The lowest BCUT2D eigenvalue weighted by Crippen LogP contribution is -2.01. The second-order valence-corrected chi connectivity index (χ2v) is 5.70. The van der Waals surface area contributed by atoms with Crippen molar-refractivity contribution in [3.05, 3.63) is 64.2 Å². The molecule has 24 heavy (non-hydrogen) atoms. The van der Waals surface area contributed by atoms with Crippen LogP contribution >= 0.6 is 11.8 Å². The Morgan fingerprint density at radius 1 is 1.25 bits per heavy atom. The lowest BCUT2D eigenvalue weighted by molar-refractivity contribution is -0.384. The highest BCUT2D eigenvalue weighted by molar-refractivity contribution is 7.98. The van der Waals surface area contributed by atoms with Gasteiger partial charge in [0.2, 0.25) is 5.16 Å². The van der Waals surface area contributed by atoms with Gasteiger partial charge in [0.05, 0.1) is 12.0 Å². The SMILES string of the molecule is COc1ccccc1-n1nnnc1SCc1cccc([N+](=O)[O-])c1. The molecule has 0 fully saturated rings. The number of non-ortho nitro benzene ring substituents is 1. The second-order valence-electron chi connectivity index (χ2n) is 4.76. The summed E-state index contributed by atoms with van der Waals surface area (Å²) in [5.41, 5.74) is 1.62. The number of para-hydroxylation sites is 2. The van der Waals surface area contributed by atoms with Gasteiger partial charge in [-0.2, -0.15) is 4.68 Å². The molecule has 0 spiro atoms. The molecular weight excluding hydrogens is 330 g/mol. The fourth-order valence-electron chi connectivity index (χ4n) is 2.13. The lowest BCUT2D eigenvalue weighted by Gasteiger charge is -2.08. The quantitative estimate of drug-likeness (QED) is 0.386. The summed E-state index contributed by atoms with van der Waals surface area (Å²) in [5, 5.41) is 23.1. The minimum Gasteiger partial charge on any atom is -0.494 e. The first kappa shape index (κ1) is 15.9. The largest absolute Gasteiger partial charge is 0.494 e. The summed E-state index contributed by atoms with van der Waals surface area (Å²) < 4.78 is 6.91. The van der Waals surface area contributed by atoms with Crippen molar-refractivity contribution in [1.82, 2.24) is 20.2 Å². The van der Waals surface area contributed by atoms with Gasteiger partial charge in [0.1, 0.15) is 11.4 Å². The van der Waals surface area contributed by atoms with E-state index in [-0.39, 0.29) is 5.69 Å². The third-order valence-electron chi connectivity index (χ3n) is 3.24. The number of nitrogens with zero attached hydrogens (tertiary/aromatic N) is 5. The Kier molecular flexibility index (Phi) is 4.71. The molecule has 1 aromatic heterocycles. The Labute approximate surface area is 141 Å². The van der Waals surface area contributed by atoms with Gasteiger partial charge in [0, 0.05) is 17.9 Å². The molecule has 3 aromatic rings. The van der Waals surface area contributed by atoms with Crippen molar-refractivity contribution in [3.8, 4) is 11.4 Å². The van der Waals surface area contributed by atoms with Gasteiger partial charge in [-0.15, -0.1) is 5.10 Å². The molecule has 3 rings (SSSR count). The Hall–Kier alpha value is -2.94. The molecule has 0 atom stereocenters. The first-order chi connectivity index (χ1) is 11.7. The van der Waals surface area contributed by atoms with Gasteiger partial charge >= 0.3 is 0 Å². The van der Waals surface area contributed by atoms with Crippen molar-refractivity contribution in [1.29, 1.82) is 0 Å². The van der Waals surface area contributed by atoms with Crippen LogP contribution in [0.15, 0.2) is 53.7 Å². The predicted octanol–water partition coefficient (Wildman–Crippen LogP) is 2.87. The summed E-state index contributed by atoms with van der Waals surface area (Å²) in [5.74, 6) is 1.17. The summed E-state index contributed by atoms with van der Waals surface area (Å²) in [4.78, 5) is 10.4. The first-order valence-corrected chi connectivity index (χ1v) is 7.95. The van der Waals surface area contributed by atoms with Crippen LogP contribution in [0.4, 0.5) is 5.69 Å².